The van der Waals surface area contributed by atoms with E-state index in [1.807, 2.05) is 19.2 Å². The number of halogens is 1. The molecule has 0 radical (unpaired) electrons. The number of hydrogen-bond donors (Lipinski definition) is 1. The van der Waals surface area contributed by atoms with Gasteiger partial charge in [0.05, 0.1) is 23.8 Å². The molecule has 154 valence electrons. The van der Waals surface area contributed by atoms with E-state index in [4.69, 9.17) is 4.98 Å². The molecule has 3 aromatic heterocycles. The van der Waals surface area contributed by atoms with Gasteiger partial charge in [-0.05, 0) is 32.6 Å². The van der Waals surface area contributed by atoms with Crippen molar-refractivity contribution in [1.82, 2.24) is 24.9 Å². The first-order valence-electron chi connectivity index (χ1n) is 10.4. The third kappa shape index (κ3) is 2.72. The number of anilines is 2. The second kappa shape index (κ2) is 6.13. The van der Waals surface area contributed by atoms with Crippen LogP contribution in [0.2, 0.25) is 0 Å². The molecule has 30 heavy (non-hydrogen) atoms. The summed E-state index contributed by atoms with van der Waals surface area (Å²) in [5, 5.41) is 11.6. The lowest BCUT2D eigenvalue weighted by Crippen LogP contribution is -2.38. The van der Waals surface area contributed by atoms with Crippen LogP contribution in [0.5, 0.6) is 0 Å². The first-order chi connectivity index (χ1) is 14.5. The SMILES string of the molecule is C[C@@H]1CCc2ncc(F)cc2N2CC3(CC3)CN2c2ccn3ncc(c3n2)C(=O)N1. The van der Waals surface area contributed by atoms with Crippen LogP contribution >= 0.6 is 0 Å². The number of rotatable bonds is 0. The van der Waals surface area contributed by atoms with Crippen LogP contribution in [-0.4, -0.2) is 44.6 Å². The average molecular weight is 407 g/mol. The minimum absolute atomic E-state index is 0.0689. The quantitative estimate of drug-likeness (QED) is 0.616. The molecule has 2 bridgehead atoms. The van der Waals surface area contributed by atoms with Crippen molar-refractivity contribution < 1.29 is 9.18 Å². The van der Waals surface area contributed by atoms with Crippen LogP contribution in [-0.2, 0) is 6.42 Å². The van der Waals surface area contributed by atoms with Gasteiger partial charge in [0.1, 0.15) is 11.4 Å². The molecule has 1 aliphatic carbocycles. The van der Waals surface area contributed by atoms with Crippen LogP contribution in [0.25, 0.3) is 5.65 Å². The summed E-state index contributed by atoms with van der Waals surface area (Å²) < 4.78 is 15.9. The van der Waals surface area contributed by atoms with E-state index in [9.17, 15) is 9.18 Å². The number of pyridine rings is 1. The van der Waals surface area contributed by atoms with E-state index in [0.29, 0.717) is 24.1 Å². The van der Waals surface area contributed by atoms with Crippen molar-refractivity contribution in [2.45, 2.75) is 38.6 Å². The minimum Gasteiger partial charge on any atom is -0.349 e. The summed E-state index contributed by atoms with van der Waals surface area (Å²) in [6.07, 6.45) is 8.29. The summed E-state index contributed by atoms with van der Waals surface area (Å²) in [7, 11) is 0. The monoisotopic (exact) mass is 407 g/mol. The molecule has 5 heterocycles. The molecule has 2 aliphatic heterocycles. The fourth-order valence-electron chi connectivity index (χ4n) is 4.53. The molecule has 0 unspecified atom stereocenters. The van der Waals surface area contributed by atoms with Crippen molar-refractivity contribution >= 4 is 23.1 Å². The van der Waals surface area contributed by atoms with E-state index in [2.05, 4.69) is 25.4 Å². The molecule has 6 rings (SSSR count). The highest BCUT2D eigenvalue weighted by Crippen LogP contribution is 2.52. The molecule has 1 saturated carbocycles. The lowest BCUT2D eigenvalue weighted by Gasteiger charge is -2.31. The molecule has 1 atom stereocenters. The van der Waals surface area contributed by atoms with Crippen LogP contribution < -0.4 is 15.3 Å². The maximum atomic E-state index is 14.2. The second-order valence-electron chi connectivity index (χ2n) is 8.76. The number of nitrogens with one attached hydrogen (secondary N) is 1. The summed E-state index contributed by atoms with van der Waals surface area (Å²) in [5.74, 6) is 0.187. The van der Waals surface area contributed by atoms with E-state index in [1.54, 1.807) is 16.8 Å². The first kappa shape index (κ1) is 17.6. The van der Waals surface area contributed by atoms with Crippen LogP contribution in [0, 0.1) is 11.2 Å². The van der Waals surface area contributed by atoms with Crippen LogP contribution in [0.3, 0.4) is 0 Å². The van der Waals surface area contributed by atoms with E-state index in [1.165, 1.54) is 6.20 Å². The van der Waals surface area contributed by atoms with Gasteiger partial charge in [-0.2, -0.15) is 5.10 Å². The predicted molar refractivity (Wildman–Crippen MR) is 109 cm³/mol. The van der Waals surface area contributed by atoms with Crippen LogP contribution in [0.1, 0.15) is 42.2 Å². The van der Waals surface area contributed by atoms with Crippen molar-refractivity contribution in [3.8, 4) is 0 Å². The molecule has 1 N–H and O–H groups in total. The average Bonchev–Trinajstić information content (AvgIpc) is 3.18. The number of fused-ring (bicyclic) bond motifs is 5. The highest BCUT2D eigenvalue weighted by molar-refractivity contribution is 6.00. The van der Waals surface area contributed by atoms with Gasteiger partial charge < -0.3 is 5.32 Å². The molecule has 1 saturated heterocycles. The van der Waals surface area contributed by atoms with Crippen LogP contribution in [0.4, 0.5) is 15.9 Å². The second-order valence-corrected chi connectivity index (χ2v) is 8.76. The van der Waals surface area contributed by atoms with E-state index < -0.39 is 0 Å². The van der Waals surface area contributed by atoms with Crippen molar-refractivity contribution in [3.05, 3.63) is 47.8 Å². The Hall–Kier alpha value is -3.23. The Balaban J connectivity index is 1.55. The maximum Gasteiger partial charge on any atom is 0.256 e. The molecular formula is C21H22FN7O. The largest absolute Gasteiger partial charge is 0.349 e. The van der Waals surface area contributed by atoms with Crippen LogP contribution in [0.15, 0.2) is 30.7 Å². The van der Waals surface area contributed by atoms with Gasteiger partial charge in [-0.15, -0.1) is 0 Å². The zero-order valence-electron chi connectivity index (χ0n) is 16.7. The van der Waals surface area contributed by atoms with E-state index >= 15 is 0 Å². The number of carbonyl (C=O) groups is 1. The number of nitrogens with zero attached hydrogens (tertiary/aromatic N) is 6. The number of hydrogen-bond acceptors (Lipinski definition) is 6. The maximum absolute atomic E-state index is 14.2. The fraction of sp³-hybridized carbons (Fsp3) is 0.429. The van der Waals surface area contributed by atoms with Crippen molar-refractivity contribution in [3.63, 3.8) is 0 Å². The first-order valence-corrected chi connectivity index (χ1v) is 10.4. The Bertz CT molecular complexity index is 1170. The Morgan fingerprint density at radius 1 is 1.23 bits per heavy atom. The van der Waals surface area contributed by atoms with Gasteiger partial charge in [-0.3, -0.25) is 19.8 Å². The van der Waals surface area contributed by atoms with Crippen molar-refractivity contribution in [1.29, 1.82) is 0 Å². The number of aromatic nitrogens is 4. The van der Waals surface area contributed by atoms with Gasteiger partial charge in [0.25, 0.3) is 5.91 Å². The van der Waals surface area contributed by atoms with Gasteiger partial charge in [0.2, 0.25) is 0 Å². The Morgan fingerprint density at radius 2 is 2.07 bits per heavy atom. The molecule has 0 aromatic carbocycles. The number of carbonyl (C=O) groups excluding carboxylic acids is 1. The lowest BCUT2D eigenvalue weighted by molar-refractivity contribution is 0.0940. The predicted octanol–water partition coefficient (Wildman–Crippen LogP) is 2.35. The van der Waals surface area contributed by atoms with Gasteiger partial charge in [-0.1, -0.05) is 0 Å². The van der Waals surface area contributed by atoms with Crippen molar-refractivity contribution in [2.75, 3.05) is 23.1 Å². The molecule has 1 spiro atoms. The Labute approximate surface area is 172 Å². The molecule has 3 aliphatic rings. The summed E-state index contributed by atoms with van der Waals surface area (Å²) in [6.45, 7) is 3.60. The van der Waals surface area contributed by atoms with Gasteiger partial charge in [-0.25, -0.2) is 13.9 Å². The van der Waals surface area contributed by atoms with Gasteiger partial charge in [0.15, 0.2) is 11.5 Å². The molecule has 9 heteroatoms. The number of amides is 1. The zero-order valence-corrected chi connectivity index (χ0v) is 16.7. The number of hydrazine groups is 1. The standard InChI is InChI=1S/C21H22FN7O/c1-13-2-3-16-17(8-14(22)9-23-16)28-11-21(5-6-21)12-29(28)18-4-7-27-19(26-18)15(10-24-27)20(30)25-13/h4,7-10,13H,2-3,5-6,11-12H2,1H3,(H,25,30)/t13-/m1/s1. The van der Waals surface area contributed by atoms with E-state index in [-0.39, 0.29) is 23.2 Å². The molecular weight excluding hydrogens is 385 g/mol. The van der Waals surface area contributed by atoms with E-state index in [0.717, 1.165) is 43.1 Å². The lowest BCUT2D eigenvalue weighted by atomic mass is 10.1. The molecule has 8 nitrogen and oxygen atoms in total. The molecule has 2 fully saturated rings. The summed E-state index contributed by atoms with van der Waals surface area (Å²) in [4.78, 5) is 22.1. The summed E-state index contributed by atoms with van der Waals surface area (Å²) >= 11 is 0. The normalized spacial score (nSPS) is 22.3. The fourth-order valence-corrected chi connectivity index (χ4v) is 4.53. The Kier molecular flexibility index (Phi) is 3.60. The molecule has 1 amide bonds. The van der Waals surface area contributed by atoms with Crippen molar-refractivity contribution in [2.24, 2.45) is 5.41 Å². The summed E-state index contributed by atoms with van der Waals surface area (Å²) in [5.41, 5.74) is 2.81. The zero-order chi connectivity index (χ0) is 20.5. The minimum atomic E-state index is -0.349. The van der Waals surface area contributed by atoms with Gasteiger partial charge in [0, 0.05) is 42.9 Å². The topological polar surface area (TPSA) is 78.7 Å². The molecule has 3 aromatic rings. The Morgan fingerprint density at radius 3 is 2.90 bits per heavy atom. The highest BCUT2D eigenvalue weighted by Gasteiger charge is 2.52. The summed E-state index contributed by atoms with van der Waals surface area (Å²) in [6, 6.07) is 3.40. The third-order valence-corrected chi connectivity index (χ3v) is 6.47. The highest BCUT2D eigenvalue weighted by atomic mass is 19.1. The third-order valence-electron chi connectivity index (χ3n) is 6.47. The smallest absolute Gasteiger partial charge is 0.256 e. The van der Waals surface area contributed by atoms with Gasteiger partial charge >= 0.3 is 0 Å². The number of aryl methyl sites for hydroxylation is 1.